The second-order valence-corrected chi connectivity index (χ2v) is 7.55. The van der Waals surface area contributed by atoms with Crippen LogP contribution in [0, 0.1) is 13.8 Å². The van der Waals surface area contributed by atoms with Crippen LogP contribution in [-0.4, -0.2) is 42.4 Å². The van der Waals surface area contributed by atoms with Crippen LogP contribution in [0.4, 0.5) is 0 Å². The lowest BCUT2D eigenvalue weighted by molar-refractivity contribution is -0.153. The van der Waals surface area contributed by atoms with Gasteiger partial charge in [0, 0.05) is 28.7 Å². The molecule has 2 aromatic carbocycles. The SMILES string of the molecule is Cc1cc(C(=O)COC(=O)[C@@H]2COc3ccccc3O2)c(C)n1-c1ccc2c(c1)OCO2. The number of aryl methyl sites for hydroxylation is 1. The van der Waals surface area contributed by atoms with Crippen LogP contribution in [0.3, 0.4) is 0 Å². The number of fused-ring (bicyclic) bond motifs is 2. The molecule has 3 heterocycles. The zero-order chi connectivity index (χ0) is 22.2. The summed E-state index contributed by atoms with van der Waals surface area (Å²) in [5.41, 5.74) is 2.95. The highest BCUT2D eigenvalue weighted by Crippen LogP contribution is 2.35. The van der Waals surface area contributed by atoms with Crippen molar-refractivity contribution in [2.24, 2.45) is 0 Å². The van der Waals surface area contributed by atoms with Crippen molar-refractivity contribution in [1.29, 1.82) is 0 Å². The molecule has 32 heavy (non-hydrogen) atoms. The quantitative estimate of drug-likeness (QED) is 0.449. The van der Waals surface area contributed by atoms with Crippen molar-refractivity contribution in [2.45, 2.75) is 20.0 Å². The first kappa shape index (κ1) is 20.0. The third-order valence-electron chi connectivity index (χ3n) is 5.46. The molecule has 0 amide bonds. The molecule has 0 unspecified atom stereocenters. The molecule has 0 radical (unpaired) electrons. The summed E-state index contributed by atoms with van der Waals surface area (Å²) < 4.78 is 29.2. The van der Waals surface area contributed by atoms with E-state index in [9.17, 15) is 9.59 Å². The molecule has 0 fully saturated rings. The van der Waals surface area contributed by atoms with Crippen molar-refractivity contribution >= 4 is 11.8 Å². The number of nitrogens with zero attached hydrogens (tertiary/aromatic N) is 1. The minimum Gasteiger partial charge on any atom is -0.485 e. The van der Waals surface area contributed by atoms with E-state index < -0.39 is 12.1 Å². The van der Waals surface area contributed by atoms with Crippen molar-refractivity contribution < 1.29 is 33.3 Å². The topological polar surface area (TPSA) is 85.2 Å². The molecular weight excluding hydrogens is 414 g/mol. The normalized spacial score (nSPS) is 16.0. The molecule has 0 aliphatic carbocycles. The molecule has 164 valence electrons. The standard InChI is InChI=1S/C24H21NO7/c1-14-9-17(15(2)25(14)16-7-8-20-22(10-16)31-13-30-20)18(26)11-29-24(27)23-12-28-19-5-3-4-6-21(19)32-23/h3-10,23H,11-13H2,1-2H3/t23-/m0/s1. The summed E-state index contributed by atoms with van der Waals surface area (Å²) in [6, 6.07) is 14.5. The van der Waals surface area contributed by atoms with Gasteiger partial charge in [-0.3, -0.25) is 4.79 Å². The van der Waals surface area contributed by atoms with Gasteiger partial charge in [0.25, 0.3) is 0 Å². The van der Waals surface area contributed by atoms with Crippen LogP contribution in [0.25, 0.3) is 5.69 Å². The Bertz CT molecular complexity index is 1210. The van der Waals surface area contributed by atoms with Gasteiger partial charge in [-0.25, -0.2) is 4.79 Å². The van der Waals surface area contributed by atoms with Crippen LogP contribution in [0.1, 0.15) is 21.7 Å². The maximum Gasteiger partial charge on any atom is 0.351 e. The van der Waals surface area contributed by atoms with Crippen LogP contribution < -0.4 is 18.9 Å². The minimum atomic E-state index is -0.918. The molecule has 5 rings (SSSR count). The number of ketones is 1. The Labute approximate surface area is 184 Å². The molecule has 2 aliphatic heterocycles. The molecule has 8 heteroatoms. The number of hydrogen-bond acceptors (Lipinski definition) is 7. The summed E-state index contributed by atoms with van der Waals surface area (Å²) in [5.74, 6) is 1.46. The van der Waals surface area contributed by atoms with Gasteiger partial charge in [-0.15, -0.1) is 0 Å². The predicted molar refractivity (Wildman–Crippen MR) is 113 cm³/mol. The zero-order valence-corrected chi connectivity index (χ0v) is 17.6. The average molecular weight is 435 g/mol. The van der Waals surface area contributed by atoms with Gasteiger partial charge in [-0.1, -0.05) is 12.1 Å². The molecule has 0 bridgehead atoms. The Balaban J connectivity index is 1.27. The van der Waals surface area contributed by atoms with E-state index in [0.717, 1.165) is 17.1 Å². The van der Waals surface area contributed by atoms with E-state index in [1.54, 1.807) is 24.3 Å². The molecule has 3 aromatic rings. The van der Waals surface area contributed by atoms with Gasteiger partial charge < -0.3 is 28.3 Å². The Morgan fingerprint density at radius 2 is 1.72 bits per heavy atom. The highest BCUT2D eigenvalue weighted by atomic mass is 16.7. The minimum absolute atomic E-state index is 0.0304. The lowest BCUT2D eigenvalue weighted by Crippen LogP contribution is -2.38. The molecule has 0 spiro atoms. The van der Waals surface area contributed by atoms with Gasteiger partial charge in [-0.05, 0) is 44.2 Å². The molecule has 0 saturated carbocycles. The third-order valence-corrected chi connectivity index (χ3v) is 5.46. The first-order chi connectivity index (χ1) is 15.5. The van der Waals surface area contributed by atoms with E-state index in [0.29, 0.717) is 28.6 Å². The maximum atomic E-state index is 12.8. The summed E-state index contributed by atoms with van der Waals surface area (Å²) in [5, 5.41) is 0. The van der Waals surface area contributed by atoms with Gasteiger partial charge >= 0.3 is 5.97 Å². The number of ether oxygens (including phenoxy) is 5. The Kier molecular flexibility index (Phi) is 4.97. The Morgan fingerprint density at radius 3 is 2.56 bits per heavy atom. The van der Waals surface area contributed by atoms with Crippen molar-refractivity contribution in [1.82, 2.24) is 4.57 Å². The van der Waals surface area contributed by atoms with Crippen molar-refractivity contribution in [2.75, 3.05) is 20.0 Å². The molecule has 1 aromatic heterocycles. The highest BCUT2D eigenvalue weighted by molar-refractivity contribution is 5.99. The number of esters is 1. The van der Waals surface area contributed by atoms with Crippen LogP contribution in [0.2, 0.25) is 0 Å². The fourth-order valence-electron chi connectivity index (χ4n) is 3.91. The second kappa shape index (κ2) is 7.96. The third kappa shape index (κ3) is 3.53. The van der Waals surface area contributed by atoms with Gasteiger partial charge in [0.15, 0.2) is 29.6 Å². The summed E-state index contributed by atoms with van der Waals surface area (Å²) in [7, 11) is 0. The number of hydrogen-bond donors (Lipinski definition) is 0. The van der Waals surface area contributed by atoms with Crippen LogP contribution in [0.5, 0.6) is 23.0 Å². The predicted octanol–water partition coefficient (Wildman–Crippen LogP) is 3.39. The van der Waals surface area contributed by atoms with E-state index in [1.165, 1.54) is 0 Å². The Morgan fingerprint density at radius 1 is 0.969 bits per heavy atom. The highest BCUT2D eigenvalue weighted by Gasteiger charge is 2.29. The summed E-state index contributed by atoms with van der Waals surface area (Å²) >= 11 is 0. The summed E-state index contributed by atoms with van der Waals surface area (Å²) in [6.45, 7) is 3.60. The maximum absolute atomic E-state index is 12.8. The molecule has 8 nitrogen and oxygen atoms in total. The van der Waals surface area contributed by atoms with Crippen molar-refractivity contribution in [3.8, 4) is 28.7 Å². The van der Waals surface area contributed by atoms with E-state index in [4.69, 9.17) is 23.7 Å². The van der Waals surface area contributed by atoms with Crippen LogP contribution in [0.15, 0.2) is 48.5 Å². The Hall–Kier alpha value is -3.94. The number of aromatic nitrogens is 1. The fraction of sp³-hybridized carbons (Fsp3) is 0.250. The zero-order valence-electron chi connectivity index (χ0n) is 17.6. The first-order valence-corrected chi connectivity index (χ1v) is 10.2. The molecule has 1 atom stereocenters. The number of carbonyl (C=O) groups excluding carboxylic acids is 2. The van der Waals surface area contributed by atoms with Crippen molar-refractivity contribution in [3.05, 3.63) is 65.5 Å². The summed E-state index contributed by atoms with van der Waals surface area (Å²) in [6.07, 6.45) is -0.918. The number of carbonyl (C=O) groups is 2. The number of Topliss-reactive ketones (excluding diaryl/α,β-unsaturated/α-hetero) is 1. The van der Waals surface area contributed by atoms with E-state index in [1.807, 2.05) is 42.7 Å². The monoisotopic (exact) mass is 435 g/mol. The molecule has 2 aliphatic rings. The number of benzene rings is 2. The van der Waals surface area contributed by atoms with E-state index >= 15 is 0 Å². The number of para-hydroxylation sites is 2. The largest absolute Gasteiger partial charge is 0.485 e. The number of rotatable bonds is 5. The smallest absolute Gasteiger partial charge is 0.351 e. The van der Waals surface area contributed by atoms with Gasteiger partial charge in [0.2, 0.25) is 18.7 Å². The van der Waals surface area contributed by atoms with Gasteiger partial charge in [0.1, 0.15) is 6.61 Å². The fourth-order valence-corrected chi connectivity index (χ4v) is 3.91. The van der Waals surface area contributed by atoms with E-state index in [2.05, 4.69) is 0 Å². The van der Waals surface area contributed by atoms with Crippen LogP contribution in [-0.2, 0) is 9.53 Å². The average Bonchev–Trinajstić information content (AvgIpc) is 3.39. The lowest BCUT2D eigenvalue weighted by atomic mass is 10.1. The van der Waals surface area contributed by atoms with Gasteiger partial charge in [-0.2, -0.15) is 0 Å². The molecular formula is C24H21NO7. The first-order valence-electron chi connectivity index (χ1n) is 10.2. The molecule has 0 N–H and O–H groups in total. The second-order valence-electron chi connectivity index (χ2n) is 7.55. The summed E-state index contributed by atoms with van der Waals surface area (Å²) in [4.78, 5) is 25.2. The van der Waals surface area contributed by atoms with E-state index in [-0.39, 0.29) is 25.8 Å². The van der Waals surface area contributed by atoms with Gasteiger partial charge in [0.05, 0.1) is 0 Å². The van der Waals surface area contributed by atoms with Crippen LogP contribution >= 0.6 is 0 Å². The van der Waals surface area contributed by atoms with Crippen molar-refractivity contribution in [3.63, 3.8) is 0 Å². The lowest BCUT2D eigenvalue weighted by Gasteiger charge is -2.24. The molecule has 0 saturated heterocycles.